The third-order valence-corrected chi connectivity index (χ3v) is 7.08. The lowest BCUT2D eigenvalue weighted by Crippen LogP contribution is -2.29. The molecular weight excluding hydrogens is 369 g/mol. The number of benzene rings is 2. The molecule has 2 aliphatic heterocycles. The fraction of sp³-hybridized carbons (Fsp3) is 0.316. The number of aliphatic hydroxyl groups excluding tert-OH is 1. The van der Waals surface area contributed by atoms with Gasteiger partial charge in [-0.2, -0.15) is 4.31 Å². The number of aliphatic imine (C=N–C) groups is 1. The number of hydrogen-bond acceptors (Lipinski definition) is 5. The van der Waals surface area contributed by atoms with E-state index >= 15 is 0 Å². The second-order valence-electron chi connectivity index (χ2n) is 6.92. The van der Waals surface area contributed by atoms with E-state index in [9.17, 15) is 17.9 Å². The number of nitrogens with zero attached hydrogens (tertiary/aromatic N) is 2. The van der Waals surface area contributed by atoms with Gasteiger partial charge in [0.15, 0.2) is 0 Å². The average molecular weight is 389 g/mol. The number of hydrogen-bond donors (Lipinski definition) is 2. The van der Waals surface area contributed by atoms with Gasteiger partial charge in [0.1, 0.15) is 11.7 Å². The predicted octanol–water partition coefficient (Wildman–Crippen LogP) is 1.78. The van der Waals surface area contributed by atoms with Crippen molar-refractivity contribution in [3.8, 4) is 11.1 Å². The standard InChI is InChI=1S/C19H20FN3O3S/c1-11-15(4-2-12-9-22-19(21)18(11)12)16-5-3-14(8-17(16)20)27(25,26)23-7-6-13(24)10-23/h2-5,8,13,24H,6-7,9-10H2,1H3,(H2,21,22). The van der Waals surface area contributed by atoms with E-state index in [2.05, 4.69) is 4.99 Å². The van der Waals surface area contributed by atoms with Crippen LogP contribution >= 0.6 is 0 Å². The summed E-state index contributed by atoms with van der Waals surface area (Å²) in [6, 6.07) is 7.61. The van der Waals surface area contributed by atoms with Crippen molar-refractivity contribution < 1.29 is 17.9 Å². The monoisotopic (exact) mass is 389 g/mol. The minimum absolute atomic E-state index is 0.0360. The van der Waals surface area contributed by atoms with Crippen LogP contribution in [-0.4, -0.2) is 42.9 Å². The molecule has 0 aromatic heterocycles. The van der Waals surface area contributed by atoms with E-state index < -0.39 is 21.9 Å². The molecule has 142 valence electrons. The van der Waals surface area contributed by atoms with Crippen molar-refractivity contribution in [3.63, 3.8) is 0 Å². The Kier molecular flexibility index (Phi) is 4.29. The van der Waals surface area contributed by atoms with Gasteiger partial charge in [0, 0.05) is 24.2 Å². The van der Waals surface area contributed by atoms with E-state index in [1.54, 1.807) is 0 Å². The molecule has 6 nitrogen and oxygen atoms in total. The van der Waals surface area contributed by atoms with Crippen LogP contribution in [0.4, 0.5) is 4.39 Å². The van der Waals surface area contributed by atoms with Gasteiger partial charge in [-0.05, 0) is 42.2 Å². The number of nitrogens with two attached hydrogens (primary N) is 1. The zero-order chi connectivity index (χ0) is 19.3. The molecule has 0 saturated carbocycles. The fourth-order valence-corrected chi connectivity index (χ4v) is 5.25. The van der Waals surface area contributed by atoms with Crippen LogP contribution in [0.15, 0.2) is 40.2 Å². The summed E-state index contributed by atoms with van der Waals surface area (Å²) in [5, 5.41) is 9.59. The Morgan fingerprint density at radius 3 is 2.67 bits per heavy atom. The first-order valence-electron chi connectivity index (χ1n) is 8.70. The molecule has 2 aromatic rings. The van der Waals surface area contributed by atoms with Gasteiger partial charge in [-0.1, -0.05) is 18.2 Å². The van der Waals surface area contributed by atoms with Gasteiger partial charge in [0.05, 0.1) is 17.5 Å². The van der Waals surface area contributed by atoms with E-state index in [4.69, 9.17) is 5.73 Å². The number of halogens is 1. The maximum absolute atomic E-state index is 14.9. The third-order valence-electron chi connectivity index (χ3n) is 5.22. The van der Waals surface area contributed by atoms with E-state index in [-0.39, 0.29) is 18.0 Å². The zero-order valence-corrected chi connectivity index (χ0v) is 15.6. The average Bonchev–Trinajstić information content (AvgIpc) is 3.22. The van der Waals surface area contributed by atoms with E-state index in [0.29, 0.717) is 29.9 Å². The molecule has 3 N–H and O–H groups in total. The largest absolute Gasteiger partial charge is 0.392 e. The summed E-state index contributed by atoms with van der Waals surface area (Å²) in [5.41, 5.74) is 9.57. The molecule has 8 heteroatoms. The van der Waals surface area contributed by atoms with Gasteiger partial charge in [-0.25, -0.2) is 12.8 Å². The highest BCUT2D eigenvalue weighted by molar-refractivity contribution is 7.89. The molecule has 0 radical (unpaired) electrons. The number of aliphatic hydroxyl groups is 1. The molecule has 4 rings (SSSR count). The van der Waals surface area contributed by atoms with E-state index in [0.717, 1.165) is 22.8 Å². The first kappa shape index (κ1) is 18.1. The number of sulfonamides is 1. The predicted molar refractivity (Wildman–Crippen MR) is 100 cm³/mol. The maximum Gasteiger partial charge on any atom is 0.243 e. The van der Waals surface area contributed by atoms with Crippen molar-refractivity contribution >= 4 is 15.9 Å². The summed E-state index contributed by atoms with van der Waals surface area (Å²) in [6.07, 6.45) is -0.290. The van der Waals surface area contributed by atoms with Gasteiger partial charge < -0.3 is 10.8 Å². The molecule has 2 aliphatic rings. The minimum Gasteiger partial charge on any atom is -0.392 e. The fourth-order valence-electron chi connectivity index (χ4n) is 3.75. The number of β-amino-alcohol motifs (C(OH)–C–C–N with tert-alkyl or cyclic N) is 1. The smallest absolute Gasteiger partial charge is 0.243 e. The number of rotatable bonds is 3. The third kappa shape index (κ3) is 2.93. The quantitative estimate of drug-likeness (QED) is 0.836. The molecule has 1 unspecified atom stereocenters. The highest BCUT2D eigenvalue weighted by atomic mass is 32.2. The molecule has 0 bridgehead atoms. The van der Waals surface area contributed by atoms with Crippen LogP contribution in [0.5, 0.6) is 0 Å². The highest BCUT2D eigenvalue weighted by Gasteiger charge is 2.32. The van der Waals surface area contributed by atoms with E-state index in [1.165, 1.54) is 16.4 Å². The second-order valence-corrected chi connectivity index (χ2v) is 8.86. The molecule has 0 spiro atoms. The van der Waals surface area contributed by atoms with Crippen molar-refractivity contribution in [1.82, 2.24) is 4.31 Å². The zero-order valence-electron chi connectivity index (χ0n) is 14.8. The van der Waals surface area contributed by atoms with Gasteiger partial charge >= 0.3 is 0 Å². The molecule has 27 heavy (non-hydrogen) atoms. The Hall–Kier alpha value is -2.29. The maximum atomic E-state index is 14.9. The summed E-state index contributed by atoms with van der Waals surface area (Å²) in [6.45, 7) is 2.64. The van der Waals surface area contributed by atoms with Gasteiger partial charge in [0.2, 0.25) is 10.0 Å². The summed E-state index contributed by atoms with van der Waals surface area (Å²) in [5.74, 6) is -0.177. The second kappa shape index (κ2) is 6.40. The molecule has 0 amide bonds. The Balaban J connectivity index is 1.74. The van der Waals surface area contributed by atoms with Crippen molar-refractivity contribution in [1.29, 1.82) is 0 Å². The Morgan fingerprint density at radius 1 is 1.26 bits per heavy atom. The Morgan fingerprint density at radius 2 is 2.00 bits per heavy atom. The van der Waals surface area contributed by atoms with Crippen molar-refractivity contribution in [2.45, 2.75) is 30.9 Å². The number of amidine groups is 1. The molecule has 1 fully saturated rings. The van der Waals surface area contributed by atoms with Gasteiger partial charge in [-0.3, -0.25) is 4.99 Å². The Labute approximate surface area is 157 Å². The normalized spacial score (nSPS) is 20.0. The topological polar surface area (TPSA) is 96.0 Å². The molecular formula is C19H20FN3O3S. The number of fused-ring (bicyclic) bond motifs is 1. The highest BCUT2D eigenvalue weighted by Crippen LogP contribution is 2.33. The van der Waals surface area contributed by atoms with Crippen LogP contribution in [0.25, 0.3) is 11.1 Å². The summed E-state index contributed by atoms with van der Waals surface area (Å²) in [7, 11) is -3.83. The Bertz CT molecular complexity index is 1070. The van der Waals surface area contributed by atoms with Crippen molar-refractivity contribution in [2.24, 2.45) is 10.7 Å². The first-order chi connectivity index (χ1) is 12.8. The van der Waals surface area contributed by atoms with Crippen LogP contribution in [0.1, 0.15) is 23.1 Å². The van der Waals surface area contributed by atoms with E-state index in [1.807, 2.05) is 19.1 Å². The molecule has 1 saturated heterocycles. The van der Waals surface area contributed by atoms with Gasteiger partial charge in [-0.15, -0.1) is 0 Å². The summed E-state index contributed by atoms with van der Waals surface area (Å²) >= 11 is 0. The summed E-state index contributed by atoms with van der Waals surface area (Å²) < 4.78 is 41.4. The van der Waals surface area contributed by atoms with Crippen LogP contribution in [0, 0.1) is 12.7 Å². The first-order valence-corrected chi connectivity index (χ1v) is 10.1. The van der Waals surface area contributed by atoms with Crippen LogP contribution in [0.2, 0.25) is 0 Å². The molecule has 2 aromatic carbocycles. The molecule has 1 atom stereocenters. The lowest BCUT2D eigenvalue weighted by Gasteiger charge is -2.17. The van der Waals surface area contributed by atoms with Crippen LogP contribution in [0.3, 0.4) is 0 Å². The SMILES string of the molecule is Cc1c(-c2ccc(S(=O)(=O)N3CCC(O)C3)cc2F)ccc2c1C(N)=NC2. The van der Waals surface area contributed by atoms with Crippen LogP contribution < -0.4 is 5.73 Å². The van der Waals surface area contributed by atoms with Gasteiger partial charge in [0.25, 0.3) is 0 Å². The van der Waals surface area contributed by atoms with Crippen molar-refractivity contribution in [2.75, 3.05) is 13.1 Å². The lowest BCUT2D eigenvalue weighted by molar-refractivity contribution is 0.189. The molecule has 2 heterocycles. The lowest BCUT2D eigenvalue weighted by atomic mass is 9.93. The van der Waals surface area contributed by atoms with Crippen LogP contribution in [-0.2, 0) is 16.6 Å². The molecule has 0 aliphatic carbocycles. The summed E-state index contributed by atoms with van der Waals surface area (Å²) in [4.78, 5) is 4.10. The van der Waals surface area contributed by atoms with Crippen molar-refractivity contribution in [3.05, 3.63) is 52.8 Å². The minimum atomic E-state index is -3.83.